The first-order chi connectivity index (χ1) is 13.6. The zero-order chi connectivity index (χ0) is 21.2. The second kappa shape index (κ2) is 8.08. The highest BCUT2D eigenvalue weighted by molar-refractivity contribution is 8.18. The maximum atomic E-state index is 13.0. The van der Waals surface area contributed by atoms with E-state index in [9.17, 15) is 31.9 Å². The molecule has 1 heterocycles. The SMILES string of the molecule is O=C(CN1C(=O)S/C(=C\c2ccc(F)cc2)C1=O)Nc1cccc(C(F)(F)F)c1. The number of benzene rings is 2. The molecule has 10 heteroatoms. The summed E-state index contributed by atoms with van der Waals surface area (Å²) in [6.07, 6.45) is -3.19. The Labute approximate surface area is 166 Å². The standard InChI is InChI=1S/C19H12F4N2O3S/c20-13-6-4-11(5-7-13)8-15-17(27)25(18(28)29-15)10-16(26)24-14-3-1-2-12(9-14)19(21,22)23/h1-9H,10H2,(H,24,26)/b15-8-. The van der Waals surface area contributed by atoms with Gasteiger partial charge in [-0.15, -0.1) is 0 Å². The van der Waals surface area contributed by atoms with Gasteiger partial charge in [0.1, 0.15) is 12.4 Å². The normalized spacial score (nSPS) is 15.9. The Balaban J connectivity index is 1.68. The number of rotatable bonds is 4. The average Bonchev–Trinajstić information content (AvgIpc) is 2.90. The number of nitrogens with one attached hydrogen (secondary N) is 1. The lowest BCUT2D eigenvalue weighted by molar-refractivity contribution is -0.137. The molecule has 1 saturated heterocycles. The fourth-order valence-electron chi connectivity index (χ4n) is 2.46. The first kappa shape index (κ1) is 20.6. The van der Waals surface area contributed by atoms with E-state index in [-0.39, 0.29) is 10.6 Å². The minimum Gasteiger partial charge on any atom is -0.325 e. The van der Waals surface area contributed by atoms with E-state index in [1.54, 1.807) is 0 Å². The monoisotopic (exact) mass is 424 g/mol. The first-order valence-corrected chi connectivity index (χ1v) is 8.93. The summed E-state index contributed by atoms with van der Waals surface area (Å²) in [4.78, 5) is 37.3. The van der Waals surface area contributed by atoms with Crippen LogP contribution >= 0.6 is 11.8 Å². The van der Waals surface area contributed by atoms with E-state index < -0.39 is 41.2 Å². The number of nitrogens with zero attached hydrogens (tertiary/aromatic N) is 1. The van der Waals surface area contributed by atoms with E-state index in [4.69, 9.17) is 0 Å². The fraction of sp³-hybridized carbons (Fsp3) is 0.105. The molecule has 0 atom stereocenters. The lowest BCUT2D eigenvalue weighted by Gasteiger charge is -2.13. The predicted molar refractivity (Wildman–Crippen MR) is 99.2 cm³/mol. The van der Waals surface area contributed by atoms with Crippen molar-refractivity contribution in [1.82, 2.24) is 4.90 Å². The number of thioether (sulfide) groups is 1. The van der Waals surface area contributed by atoms with Gasteiger partial charge in [0.05, 0.1) is 10.5 Å². The van der Waals surface area contributed by atoms with Crippen LogP contribution in [-0.2, 0) is 15.8 Å². The third-order valence-electron chi connectivity index (χ3n) is 3.82. The summed E-state index contributed by atoms with van der Waals surface area (Å²) < 4.78 is 51.2. The molecule has 0 aliphatic carbocycles. The van der Waals surface area contributed by atoms with E-state index >= 15 is 0 Å². The number of imide groups is 1. The third kappa shape index (κ3) is 5.02. The zero-order valence-electron chi connectivity index (χ0n) is 14.5. The molecule has 3 amide bonds. The molecule has 150 valence electrons. The molecule has 2 aromatic carbocycles. The second-order valence-corrected chi connectivity index (χ2v) is 6.94. The molecule has 2 aromatic rings. The number of hydrogen-bond acceptors (Lipinski definition) is 4. The number of carbonyl (C=O) groups excluding carboxylic acids is 3. The van der Waals surface area contributed by atoms with E-state index in [0.717, 1.165) is 18.2 Å². The number of halogens is 4. The minimum absolute atomic E-state index is 0.0495. The lowest BCUT2D eigenvalue weighted by atomic mass is 10.2. The van der Waals surface area contributed by atoms with Crippen LogP contribution in [0.15, 0.2) is 53.4 Å². The number of amides is 3. The highest BCUT2D eigenvalue weighted by Crippen LogP contribution is 2.33. The maximum Gasteiger partial charge on any atom is 0.416 e. The van der Waals surface area contributed by atoms with Crippen molar-refractivity contribution in [2.45, 2.75) is 6.18 Å². The van der Waals surface area contributed by atoms with Crippen molar-refractivity contribution in [2.24, 2.45) is 0 Å². The first-order valence-electron chi connectivity index (χ1n) is 8.11. The Morgan fingerprint density at radius 3 is 2.45 bits per heavy atom. The van der Waals surface area contributed by atoms with E-state index in [0.29, 0.717) is 22.2 Å². The van der Waals surface area contributed by atoms with Crippen LogP contribution < -0.4 is 5.32 Å². The fourth-order valence-corrected chi connectivity index (χ4v) is 3.30. The van der Waals surface area contributed by atoms with E-state index in [1.165, 1.54) is 36.4 Å². The van der Waals surface area contributed by atoms with Crippen molar-refractivity contribution in [3.63, 3.8) is 0 Å². The van der Waals surface area contributed by atoms with Crippen LogP contribution in [0.4, 0.5) is 28.0 Å². The van der Waals surface area contributed by atoms with Gasteiger partial charge in [0.2, 0.25) is 5.91 Å². The van der Waals surface area contributed by atoms with Crippen LogP contribution in [0.2, 0.25) is 0 Å². The molecule has 0 unspecified atom stereocenters. The maximum absolute atomic E-state index is 13.0. The molecule has 5 nitrogen and oxygen atoms in total. The molecule has 1 aliphatic rings. The summed E-state index contributed by atoms with van der Waals surface area (Å²) in [6.45, 7) is -0.651. The highest BCUT2D eigenvalue weighted by atomic mass is 32.2. The van der Waals surface area contributed by atoms with Crippen molar-refractivity contribution < 1.29 is 31.9 Å². The van der Waals surface area contributed by atoms with Crippen LogP contribution in [0.3, 0.4) is 0 Å². The van der Waals surface area contributed by atoms with Gasteiger partial charge in [0.25, 0.3) is 11.1 Å². The Hall–Kier alpha value is -3.14. The third-order valence-corrected chi connectivity index (χ3v) is 4.72. The van der Waals surface area contributed by atoms with Crippen LogP contribution in [0.1, 0.15) is 11.1 Å². The van der Waals surface area contributed by atoms with Gasteiger partial charge in [0.15, 0.2) is 0 Å². The van der Waals surface area contributed by atoms with Crippen molar-refractivity contribution in [2.75, 3.05) is 11.9 Å². The zero-order valence-corrected chi connectivity index (χ0v) is 15.3. The molecular formula is C19H12F4N2O3S. The van der Waals surface area contributed by atoms with Crippen molar-refractivity contribution in [3.05, 3.63) is 70.4 Å². The summed E-state index contributed by atoms with van der Waals surface area (Å²) >= 11 is 0.611. The Bertz CT molecular complexity index is 1000. The van der Waals surface area contributed by atoms with Crippen molar-refractivity contribution in [1.29, 1.82) is 0 Å². The summed E-state index contributed by atoms with van der Waals surface area (Å²) in [5.74, 6) is -2.00. The molecule has 0 radical (unpaired) electrons. The molecule has 0 saturated carbocycles. The van der Waals surface area contributed by atoms with E-state index in [2.05, 4.69) is 5.32 Å². The summed E-state index contributed by atoms with van der Waals surface area (Å²) in [6, 6.07) is 9.22. The largest absolute Gasteiger partial charge is 0.416 e. The molecule has 0 aromatic heterocycles. The average molecular weight is 424 g/mol. The smallest absolute Gasteiger partial charge is 0.325 e. The van der Waals surface area contributed by atoms with Crippen LogP contribution in [-0.4, -0.2) is 28.5 Å². The van der Waals surface area contributed by atoms with Gasteiger partial charge < -0.3 is 5.32 Å². The van der Waals surface area contributed by atoms with Gasteiger partial charge in [0, 0.05) is 5.69 Å². The van der Waals surface area contributed by atoms with Crippen molar-refractivity contribution in [3.8, 4) is 0 Å². The summed E-state index contributed by atoms with van der Waals surface area (Å²) in [5.41, 5.74) is -0.562. The number of carbonyl (C=O) groups is 3. The Kier molecular flexibility index (Phi) is 5.73. The van der Waals surface area contributed by atoms with Gasteiger partial charge in [-0.3, -0.25) is 19.3 Å². The lowest BCUT2D eigenvalue weighted by Crippen LogP contribution is -2.36. The number of alkyl halides is 3. The number of hydrogen-bond donors (Lipinski definition) is 1. The van der Waals surface area contributed by atoms with Gasteiger partial charge >= 0.3 is 6.18 Å². The van der Waals surface area contributed by atoms with Gasteiger partial charge in [-0.2, -0.15) is 13.2 Å². The van der Waals surface area contributed by atoms with Crippen LogP contribution in [0.25, 0.3) is 6.08 Å². The highest BCUT2D eigenvalue weighted by Gasteiger charge is 2.36. The van der Waals surface area contributed by atoms with Crippen LogP contribution in [0, 0.1) is 5.82 Å². The molecular weight excluding hydrogens is 412 g/mol. The van der Waals surface area contributed by atoms with Crippen molar-refractivity contribution >= 4 is 40.6 Å². The van der Waals surface area contributed by atoms with Crippen LogP contribution in [0.5, 0.6) is 0 Å². The topological polar surface area (TPSA) is 66.5 Å². The Morgan fingerprint density at radius 2 is 1.79 bits per heavy atom. The molecule has 3 rings (SSSR count). The summed E-state index contributed by atoms with van der Waals surface area (Å²) in [7, 11) is 0. The summed E-state index contributed by atoms with van der Waals surface area (Å²) in [5, 5.41) is 1.55. The quantitative estimate of drug-likeness (QED) is 0.579. The van der Waals surface area contributed by atoms with E-state index in [1.807, 2.05) is 0 Å². The van der Waals surface area contributed by atoms with Gasteiger partial charge in [-0.05, 0) is 53.7 Å². The minimum atomic E-state index is -4.57. The Morgan fingerprint density at radius 1 is 1.10 bits per heavy atom. The molecule has 1 N–H and O–H groups in total. The second-order valence-electron chi connectivity index (χ2n) is 5.95. The molecule has 1 fully saturated rings. The predicted octanol–water partition coefficient (Wildman–Crippen LogP) is 4.52. The van der Waals surface area contributed by atoms with Gasteiger partial charge in [-0.1, -0.05) is 18.2 Å². The number of anilines is 1. The molecule has 0 bridgehead atoms. The van der Waals surface area contributed by atoms with Gasteiger partial charge in [-0.25, -0.2) is 4.39 Å². The molecule has 29 heavy (non-hydrogen) atoms. The molecule has 0 spiro atoms. The molecule has 1 aliphatic heterocycles.